The molecule has 0 radical (unpaired) electrons. The summed E-state index contributed by atoms with van der Waals surface area (Å²) in [5, 5.41) is 5.68. The molecule has 0 atom stereocenters. The molecule has 3 aromatic carbocycles. The summed E-state index contributed by atoms with van der Waals surface area (Å²) in [5.74, 6) is 0. The second-order valence-electron chi connectivity index (χ2n) is 7.20. The Balaban J connectivity index is 1.78. The molecular weight excluding hydrogens is 416 g/mol. The van der Waals surface area contributed by atoms with E-state index in [0.29, 0.717) is 20.6 Å². The Hall–Kier alpha value is -3.48. The lowest BCUT2D eigenvalue weighted by molar-refractivity contribution is 0.570. The quantitative estimate of drug-likeness (QED) is 0.255. The summed E-state index contributed by atoms with van der Waals surface area (Å²) < 4.78 is 14.3. The van der Waals surface area contributed by atoms with Crippen molar-refractivity contribution in [2.24, 2.45) is 0 Å². The molecular formula is C24H10O4S2. The summed E-state index contributed by atoms with van der Waals surface area (Å²) >= 11 is 2.86. The topological polar surface area (TPSA) is 60.4 Å². The lowest BCUT2D eigenvalue weighted by atomic mass is 10.1. The van der Waals surface area contributed by atoms with Gasteiger partial charge in [0.1, 0.15) is 20.6 Å². The van der Waals surface area contributed by atoms with Crippen LogP contribution in [0.25, 0.3) is 62.3 Å². The average Bonchev–Trinajstić information content (AvgIpc) is 3.34. The Morgan fingerprint density at radius 1 is 0.500 bits per heavy atom. The number of thiophene rings is 2. The molecule has 0 saturated heterocycles. The van der Waals surface area contributed by atoms with Crippen LogP contribution in [0.1, 0.15) is 0 Å². The van der Waals surface area contributed by atoms with Crippen molar-refractivity contribution in [3.05, 3.63) is 81.5 Å². The smallest absolute Gasteiger partial charge is 0.354 e. The third kappa shape index (κ3) is 1.94. The van der Waals surface area contributed by atoms with Crippen molar-refractivity contribution in [1.82, 2.24) is 0 Å². The molecule has 7 aromatic rings. The Kier molecular flexibility index (Phi) is 3.03. The first-order valence-electron chi connectivity index (χ1n) is 9.36. The van der Waals surface area contributed by atoms with Gasteiger partial charge >= 0.3 is 11.3 Å². The van der Waals surface area contributed by atoms with Crippen LogP contribution in [0.4, 0.5) is 0 Å². The van der Waals surface area contributed by atoms with Crippen molar-refractivity contribution in [3.63, 3.8) is 0 Å². The molecule has 0 fully saturated rings. The molecule has 6 heteroatoms. The van der Waals surface area contributed by atoms with Gasteiger partial charge in [-0.3, -0.25) is 0 Å². The second kappa shape index (κ2) is 5.56. The lowest BCUT2D eigenvalue weighted by Crippen LogP contribution is -1.96. The molecule has 0 aliphatic carbocycles. The van der Waals surface area contributed by atoms with Crippen molar-refractivity contribution in [3.8, 4) is 0 Å². The maximum atomic E-state index is 12.7. The lowest BCUT2D eigenvalue weighted by Gasteiger charge is -2.00. The number of fused-ring (bicyclic) bond motifs is 11. The van der Waals surface area contributed by atoms with Gasteiger partial charge in [0, 0.05) is 32.3 Å². The first-order valence-corrected chi connectivity index (χ1v) is 11.0. The van der Waals surface area contributed by atoms with Crippen LogP contribution in [0.3, 0.4) is 0 Å². The zero-order valence-electron chi connectivity index (χ0n) is 15.2. The van der Waals surface area contributed by atoms with Gasteiger partial charge in [-0.2, -0.15) is 0 Å². The highest BCUT2D eigenvalue weighted by Crippen LogP contribution is 2.45. The van der Waals surface area contributed by atoms with Crippen LogP contribution >= 0.6 is 22.7 Å². The van der Waals surface area contributed by atoms with Gasteiger partial charge in [0.05, 0.1) is 9.40 Å². The largest absolute Gasteiger partial charge is 0.422 e. The van der Waals surface area contributed by atoms with E-state index >= 15 is 0 Å². The van der Waals surface area contributed by atoms with Crippen LogP contribution in [0.2, 0.25) is 0 Å². The van der Waals surface area contributed by atoms with Crippen molar-refractivity contribution < 1.29 is 8.83 Å². The molecule has 0 amide bonds. The number of rotatable bonds is 0. The normalized spacial score (nSPS) is 12.3. The third-order valence-corrected chi connectivity index (χ3v) is 8.14. The summed E-state index contributed by atoms with van der Waals surface area (Å²) in [6.45, 7) is 0. The van der Waals surface area contributed by atoms with Crippen LogP contribution in [0.15, 0.2) is 79.1 Å². The predicted molar refractivity (Wildman–Crippen MR) is 124 cm³/mol. The molecule has 0 aliphatic heterocycles. The highest BCUT2D eigenvalue weighted by atomic mass is 32.1. The molecule has 0 spiro atoms. The van der Waals surface area contributed by atoms with Gasteiger partial charge in [0.15, 0.2) is 0 Å². The minimum Gasteiger partial charge on any atom is -0.422 e. The number of hydrogen-bond acceptors (Lipinski definition) is 6. The first kappa shape index (κ1) is 16.3. The van der Waals surface area contributed by atoms with E-state index in [2.05, 4.69) is 12.1 Å². The maximum Gasteiger partial charge on any atom is 0.354 e. The average molecular weight is 426 g/mol. The van der Waals surface area contributed by atoms with Crippen LogP contribution in [-0.4, -0.2) is 0 Å². The van der Waals surface area contributed by atoms with Gasteiger partial charge in [-0.15, -0.1) is 22.7 Å². The SMILES string of the molecule is O=c1oc2ccccc2c2c1sc1c2ccc2c1sc1c(=O)oc3ccccc3c12. The maximum absolute atomic E-state index is 12.7. The minimum atomic E-state index is -0.330. The van der Waals surface area contributed by atoms with E-state index in [1.807, 2.05) is 48.5 Å². The summed E-state index contributed by atoms with van der Waals surface area (Å²) in [6, 6.07) is 19.3. The molecule has 4 nitrogen and oxygen atoms in total. The van der Waals surface area contributed by atoms with Crippen molar-refractivity contribution >= 4 is 85.0 Å². The molecule has 7 rings (SSSR count). The standard InChI is InChI=1S/C24H10O4S2/c25-23-21-17(11-5-1-3-7-15(11)27-23)13-9-10-14-18-12-6-2-4-8-16(12)28-24(26)22(18)30-20(14)19(13)29-21/h1-10H. The number of para-hydroxylation sites is 2. The Morgan fingerprint density at radius 2 is 0.933 bits per heavy atom. The fourth-order valence-corrected chi connectivity index (χ4v) is 6.87. The van der Waals surface area contributed by atoms with Crippen LogP contribution in [0.5, 0.6) is 0 Å². The van der Waals surface area contributed by atoms with Gasteiger partial charge in [-0.05, 0) is 12.1 Å². The summed E-state index contributed by atoms with van der Waals surface area (Å²) in [7, 11) is 0. The van der Waals surface area contributed by atoms with Crippen molar-refractivity contribution in [1.29, 1.82) is 0 Å². The summed E-state index contributed by atoms with van der Waals surface area (Å²) in [5.41, 5.74) is 0.504. The van der Waals surface area contributed by atoms with Gasteiger partial charge in [-0.25, -0.2) is 9.59 Å². The predicted octanol–water partition coefficient (Wildman–Crippen LogP) is 6.64. The van der Waals surface area contributed by atoms with E-state index < -0.39 is 0 Å². The van der Waals surface area contributed by atoms with E-state index in [9.17, 15) is 9.59 Å². The molecule has 0 bridgehead atoms. The van der Waals surface area contributed by atoms with E-state index in [1.165, 1.54) is 22.7 Å². The van der Waals surface area contributed by atoms with Crippen LogP contribution in [-0.2, 0) is 0 Å². The molecule has 142 valence electrons. The van der Waals surface area contributed by atoms with E-state index in [0.717, 1.165) is 41.7 Å². The molecule has 0 saturated carbocycles. The van der Waals surface area contributed by atoms with E-state index in [-0.39, 0.29) is 11.3 Å². The molecule has 4 heterocycles. The molecule has 0 unspecified atom stereocenters. The highest BCUT2D eigenvalue weighted by Gasteiger charge is 2.20. The highest BCUT2D eigenvalue weighted by molar-refractivity contribution is 7.33. The fourth-order valence-electron chi connectivity index (χ4n) is 4.35. The van der Waals surface area contributed by atoms with Crippen LogP contribution < -0.4 is 11.3 Å². The summed E-state index contributed by atoms with van der Waals surface area (Å²) in [6.07, 6.45) is 0. The van der Waals surface area contributed by atoms with Gasteiger partial charge in [0.25, 0.3) is 0 Å². The van der Waals surface area contributed by atoms with E-state index in [4.69, 9.17) is 8.83 Å². The van der Waals surface area contributed by atoms with Crippen molar-refractivity contribution in [2.45, 2.75) is 0 Å². The minimum absolute atomic E-state index is 0.330. The fraction of sp³-hybridized carbons (Fsp3) is 0. The molecule has 0 aliphatic rings. The molecule has 0 N–H and O–H groups in total. The van der Waals surface area contributed by atoms with Crippen molar-refractivity contribution in [2.75, 3.05) is 0 Å². The van der Waals surface area contributed by atoms with Gasteiger partial charge in [-0.1, -0.05) is 48.5 Å². The Morgan fingerprint density at radius 3 is 1.40 bits per heavy atom. The zero-order chi connectivity index (χ0) is 20.0. The van der Waals surface area contributed by atoms with Gasteiger partial charge in [0.2, 0.25) is 0 Å². The Labute approximate surface area is 175 Å². The number of hydrogen-bond donors (Lipinski definition) is 0. The third-order valence-electron chi connectivity index (χ3n) is 5.60. The monoisotopic (exact) mass is 426 g/mol. The summed E-state index contributed by atoms with van der Waals surface area (Å²) in [4.78, 5) is 25.4. The molecule has 30 heavy (non-hydrogen) atoms. The first-order chi connectivity index (χ1) is 14.7. The van der Waals surface area contributed by atoms with Gasteiger partial charge < -0.3 is 8.83 Å². The van der Waals surface area contributed by atoms with Crippen LogP contribution in [0, 0.1) is 0 Å². The molecule has 4 aromatic heterocycles. The zero-order valence-corrected chi connectivity index (χ0v) is 16.9. The Bertz CT molecular complexity index is 1810. The number of benzene rings is 3. The van der Waals surface area contributed by atoms with E-state index in [1.54, 1.807) is 0 Å². The second-order valence-corrected chi connectivity index (χ2v) is 9.24.